The van der Waals surface area contributed by atoms with Crippen LogP contribution in [0.5, 0.6) is 11.5 Å². The fraction of sp³-hybridized carbons (Fsp3) is 0.350. The molecule has 0 fully saturated rings. The summed E-state index contributed by atoms with van der Waals surface area (Å²) in [4.78, 5) is 4.33. The van der Waals surface area contributed by atoms with Crippen molar-refractivity contribution in [2.75, 3.05) is 32.7 Å². The maximum atomic E-state index is 5.92. The van der Waals surface area contributed by atoms with Gasteiger partial charge >= 0.3 is 0 Å². The number of nitrogens with two attached hydrogens (primary N) is 1. The lowest BCUT2D eigenvalue weighted by atomic mass is 10.2. The van der Waals surface area contributed by atoms with E-state index in [4.69, 9.17) is 19.9 Å². The van der Waals surface area contributed by atoms with Crippen molar-refractivity contribution in [1.82, 2.24) is 0 Å². The number of guanidine groups is 1. The first-order valence-corrected chi connectivity index (χ1v) is 8.63. The highest BCUT2D eigenvalue weighted by Gasteiger charge is 2.04. The lowest BCUT2D eigenvalue weighted by Gasteiger charge is -2.11. The molecule has 2 aromatic rings. The number of unbranched alkanes of at least 4 members (excludes halogenated alkanes) is 1. The number of nitrogens with one attached hydrogen (secondary N) is 1. The largest absolute Gasteiger partial charge is 0.493 e. The Kier molecular flexibility index (Phi) is 8.29. The van der Waals surface area contributed by atoms with Gasteiger partial charge in [0.2, 0.25) is 0 Å². The molecular weight excluding hydrogens is 330 g/mol. The van der Waals surface area contributed by atoms with Gasteiger partial charge in [0.05, 0.1) is 20.8 Å². The molecule has 0 unspecified atom stereocenters. The van der Waals surface area contributed by atoms with Crippen molar-refractivity contribution < 1.29 is 14.2 Å². The van der Waals surface area contributed by atoms with Gasteiger partial charge in [0.15, 0.2) is 17.5 Å². The van der Waals surface area contributed by atoms with E-state index in [-0.39, 0.29) is 0 Å². The van der Waals surface area contributed by atoms with Crippen LogP contribution in [0.4, 0.5) is 5.69 Å². The molecule has 140 valence electrons. The fourth-order valence-electron chi connectivity index (χ4n) is 2.38. The zero-order valence-electron chi connectivity index (χ0n) is 15.4. The van der Waals surface area contributed by atoms with Crippen LogP contribution in [0, 0.1) is 0 Å². The molecule has 0 aromatic heterocycles. The highest BCUT2D eigenvalue weighted by Crippen LogP contribution is 2.29. The van der Waals surface area contributed by atoms with Gasteiger partial charge in [-0.05, 0) is 30.5 Å². The molecule has 0 saturated heterocycles. The van der Waals surface area contributed by atoms with Crippen molar-refractivity contribution in [2.24, 2.45) is 10.7 Å². The quantitative estimate of drug-likeness (QED) is 0.387. The van der Waals surface area contributed by atoms with Crippen LogP contribution in [0.3, 0.4) is 0 Å². The van der Waals surface area contributed by atoms with Crippen molar-refractivity contribution >= 4 is 11.6 Å². The Morgan fingerprint density at radius 3 is 2.50 bits per heavy atom. The maximum Gasteiger partial charge on any atom is 0.193 e. The normalized spacial score (nSPS) is 11.2. The van der Waals surface area contributed by atoms with Crippen molar-refractivity contribution in [2.45, 2.75) is 19.4 Å². The van der Waals surface area contributed by atoms with Crippen LogP contribution in [-0.4, -0.2) is 33.3 Å². The number of hydrogen-bond acceptors (Lipinski definition) is 4. The lowest BCUT2D eigenvalue weighted by Crippen LogP contribution is -2.22. The van der Waals surface area contributed by atoms with Crippen LogP contribution in [-0.2, 0) is 11.3 Å². The minimum atomic E-state index is 0.377. The molecule has 0 heterocycles. The van der Waals surface area contributed by atoms with E-state index in [1.165, 1.54) is 5.56 Å². The van der Waals surface area contributed by atoms with E-state index in [2.05, 4.69) is 22.4 Å². The van der Waals surface area contributed by atoms with E-state index in [9.17, 15) is 0 Å². The third-order valence-electron chi connectivity index (χ3n) is 3.75. The van der Waals surface area contributed by atoms with Gasteiger partial charge in [-0.3, -0.25) is 4.99 Å². The van der Waals surface area contributed by atoms with E-state index in [1.54, 1.807) is 14.2 Å². The second-order valence-corrected chi connectivity index (χ2v) is 5.71. The summed E-state index contributed by atoms with van der Waals surface area (Å²) in [6.07, 6.45) is 1.86. The lowest BCUT2D eigenvalue weighted by molar-refractivity contribution is 0.117. The summed E-state index contributed by atoms with van der Waals surface area (Å²) < 4.78 is 16.1. The van der Waals surface area contributed by atoms with Gasteiger partial charge in [-0.25, -0.2) is 0 Å². The SMILES string of the molecule is COc1ccc(NC(N)=NCCCCOCc2ccccc2)cc1OC. The third kappa shape index (κ3) is 6.64. The number of nitrogens with zero attached hydrogens (tertiary/aromatic N) is 1. The summed E-state index contributed by atoms with van der Waals surface area (Å²) in [5.41, 5.74) is 7.91. The summed E-state index contributed by atoms with van der Waals surface area (Å²) in [5, 5.41) is 3.05. The van der Waals surface area contributed by atoms with Crippen LogP contribution in [0.1, 0.15) is 18.4 Å². The highest BCUT2D eigenvalue weighted by atomic mass is 16.5. The van der Waals surface area contributed by atoms with E-state index < -0.39 is 0 Å². The standard InChI is InChI=1S/C20H27N3O3/c1-24-18-11-10-17(14-19(18)25-2)23-20(21)22-12-6-7-13-26-15-16-8-4-3-5-9-16/h3-5,8-11,14H,6-7,12-13,15H2,1-2H3,(H3,21,22,23). The van der Waals surface area contributed by atoms with Crippen LogP contribution in [0.25, 0.3) is 0 Å². The van der Waals surface area contributed by atoms with Gasteiger partial charge in [-0.1, -0.05) is 30.3 Å². The van der Waals surface area contributed by atoms with Gasteiger partial charge in [0, 0.05) is 24.9 Å². The van der Waals surface area contributed by atoms with E-state index >= 15 is 0 Å². The summed E-state index contributed by atoms with van der Waals surface area (Å²) >= 11 is 0. The molecule has 0 aliphatic carbocycles. The Labute approximate surface area is 155 Å². The Bertz CT molecular complexity index is 690. The number of benzene rings is 2. The van der Waals surface area contributed by atoms with Crippen molar-refractivity contribution in [3.05, 3.63) is 54.1 Å². The van der Waals surface area contributed by atoms with Crippen LogP contribution >= 0.6 is 0 Å². The van der Waals surface area contributed by atoms with Crippen LogP contribution in [0.15, 0.2) is 53.5 Å². The van der Waals surface area contributed by atoms with E-state index in [0.29, 0.717) is 37.2 Å². The Balaban J connectivity index is 1.65. The van der Waals surface area contributed by atoms with Crippen molar-refractivity contribution in [3.8, 4) is 11.5 Å². The minimum Gasteiger partial charge on any atom is -0.493 e. The predicted octanol–water partition coefficient (Wildman–Crippen LogP) is 3.43. The molecule has 0 spiro atoms. The molecule has 0 aliphatic heterocycles. The van der Waals surface area contributed by atoms with Gasteiger partial charge in [0.1, 0.15) is 0 Å². The molecule has 6 heteroatoms. The number of hydrogen-bond donors (Lipinski definition) is 2. The van der Waals surface area contributed by atoms with Gasteiger partial charge in [-0.2, -0.15) is 0 Å². The Morgan fingerprint density at radius 1 is 1.00 bits per heavy atom. The number of ether oxygens (including phenoxy) is 3. The van der Waals surface area contributed by atoms with Gasteiger partial charge in [-0.15, -0.1) is 0 Å². The molecule has 0 atom stereocenters. The minimum absolute atomic E-state index is 0.377. The monoisotopic (exact) mass is 357 g/mol. The summed E-state index contributed by atoms with van der Waals surface area (Å²) in [6, 6.07) is 15.7. The molecule has 2 aromatic carbocycles. The van der Waals surface area contributed by atoms with Crippen LogP contribution < -0.4 is 20.5 Å². The number of anilines is 1. The second kappa shape index (κ2) is 11.0. The van der Waals surface area contributed by atoms with E-state index in [0.717, 1.165) is 18.5 Å². The van der Waals surface area contributed by atoms with Crippen molar-refractivity contribution in [1.29, 1.82) is 0 Å². The first kappa shape index (κ1) is 19.6. The van der Waals surface area contributed by atoms with Gasteiger partial charge in [0.25, 0.3) is 0 Å². The molecule has 26 heavy (non-hydrogen) atoms. The summed E-state index contributed by atoms with van der Waals surface area (Å²) in [7, 11) is 3.20. The average Bonchev–Trinajstić information content (AvgIpc) is 2.68. The van der Waals surface area contributed by atoms with Crippen molar-refractivity contribution in [3.63, 3.8) is 0 Å². The molecule has 6 nitrogen and oxygen atoms in total. The zero-order valence-corrected chi connectivity index (χ0v) is 15.4. The van der Waals surface area contributed by atoms with E-state index in [1.807, 2.05) is 36.4 Å². The number of aliphatic imine (C=N–C) groups is 1. The molecule has 0 aliphatic rings. The summed E-state index contributed by atoms with van der Waals surface area (Å²) in [6.45, 7) is 2.02. The molecule has 0 radical (unpaired) electrons. The zero-order chi connectivity index (χ0) is 18.6. The summed E-state index contributed by atoms with van der Waals surface area (Å²) in [5.74, 6) is 1.69. The molecule has 0 bridgehead atoms. The molecular formula is C20H27N3O3. The first-order valence-electron chi connectivity index (χ1n) is 8.63. The molecule has 2 rings (SSSR count). The predicted molar refractivity (Wildman–Crippen MR) is 105 cm³/mol. The second-order valence-electron chi connectivity index (χ2n) is 5.71. The smallest absolute Gasteiger partial charge is 0.193 e. The number of methoxy groups -OCH3 is 2. The number of rotatable bonds is 10. The Hall–Kier alpha value is -2.73. The van der Waals surface area contributed by atoms with Crippen LogP contribution in [0.2, 0.25) is 0 Å². The fourth-order valence-corrected chi connectivity index (χ4v) is 2.38. The topological polar surface area (TPSA) is 78.1 Å². The maximum absolute atomic E-state index is 5.92. The Morgan fingerprint density at radius 2 is 1.77 bits per heavy atom. The molecule has 0 saturated carbocycles. The van der Waals surface area contributed by atoms with Gasteiger partial charge < -0.3 is 25.3 Å². The highest BCUT2D eigenvalue weighted by molar-refractivity contribution is 5.92. The average molecular weight is 357 g/mol. The third-order valence-corrected chi connectivity index (χ3v) is 3.75. The molecule has 3 N–H and O–H groups in total. The first-order chi connectivity index (χ1) is 12.7. The molecule has 0 amide bonds.